The van der Waals surface area contributed by atoms with Crippen molar-refractivity contribution < 1.29 is 45.1 Å². The Labute approximate surface area is 229 Å². The molecular weight excluding hydrogens is 558 g/mol. The number of alkyl halides is 4. The van der Waals surface area contributed by atoms with Crippen molar-refractivity contribution in [2.45, 2.75) is 49.1 Å². The number of nitrogens with one attached hydrogen (secondary N) is 3. The fraction of sp³-hybridized carbons (Fsp3) is 0.423. The smallest absolute Gasteiger partial charge is 0.407 e. The highest BCUT2D eigenvalue weighted by Crippen LogP contribution is 2.35. The van der Waals surface area contributed by atoms with Crippen LogP contribution in [0.2, 0.25) is 0 Å². The molecule has 2 rings (SSSR count). The van der Waals surface area contributed by atoms with Gasteiger partial charge in [0.05, 0.1) is 31.1 Å². The minimum atomic E-state index is -4.88. The molecule has 2 aromatic carbocycles. The second kappa shape index (κ2) is 13.2. The van der Waals surface area contributed by atoms with Crippen molar-refractivity contribution in [2.24, 2.45) is 0 Å². The van der Waals surface area contributed by atoms with E-state index in [4.69, 9.17) is 0 Å². The Kier molecular flexibility index (Phi) is 10.8. The molecule has 0 radical (unpaired) electrons. The van der Waals surface area contributed by atoms with Crippen molar-refractivity contribution in [3.8, 4) is 11.1 Å². The Morgan fingerprint density at radius 3 is 1.82 bits per heavy atom. The topological polar surface area (TPSA) is 131 Å². The Hall–Kier alpha value is -3.52. The van der Waals surface area contributed by atoms with Gasteiger partial charge in [-0.05, 0) is 42.7 Å². The van der Waals surface area contributed by atoms with Gasteiger partial charge in [-0.1, -0.05) is 36.4 Å². The van der Waals surface area contributed by atoms with E-state index in [9.17, 15) is 40.4 Å². The Morgan fingerprint density at radius 1 is 0.875 bits per heavy atom. The zero-order valence-corrected chi connectivity index (χ0v) is 23.1. The van der Waals surface area contributed by atoms with E-state index in [1.54, 1.807) is 0 Å². The quantitative estimate of drug-likeness (QED) is 0.323. The van der Waals surface area contributed by atoms with Crippen LogP contribution in [0.15, 0.2) is 53.4 Å². The summed E-state index contributed by atoms with van der Waals surface area (Å²) >= 11 is 0. The average molecular weight is 590 g/mol. The first-order valence-electron chi connectivity index (χ1n) is 11.9. The van der Waals surface area contributed by atoms with E-state index < -0.39 is 71.1 Å². The van der Waals surface area contributed by atoms with Crippen LogP contribution in [0.4, 0.5) is 22.4 Å². The summed E-state index contributed by atoms with van der Waals surface area (Å²) in [6.07, 6.45) is -5.34. The van der Waals surface area contributed by atoms with Crippen LogP contribution in [-0.2, 0) is 24.2 Å². The number of sulfone groups is 1. The zero-order chi connectivity index (χ0) is 30.3. The maximum absolute atomic E-state index is 14.5. The van der Waals surface area contributed by atoms with Gasteiger partial charge in [-0.15, -0.1) is 0 Å². The maximum Gasteiger partial charge on any atom is 0.407 e. The maximum atomic E-state index is 14.5. The standard InChI is InChI=1S/C26H31F4N3O6S/c1-25(2,27)13-21(23(35)31-14-19(34)15-32-24(36)39-3)33-22(26(28,29)30)18-7-5-16(6-8-18)17-9-11-20(12-10-17)40(4,37)38/h5-12,21-22,33H,13-15H2,1-4H3,(H,31,35)(H,32,36)/t21-,22-/m0/s1. The van der Waals surface area contributed by atoms with Gasteiger partial charge in [-0.25, -0.2) is 17.6 Å². The molecule has 0 saturated heterocycles. The van der Waals surface area contributed by atoms with E-state index in [0.717, 1.165) is 27.2 Å². The number of ketones is 1. The number of hydrogen-bond acceptors (Lipinski definition) is 7. The van der Waals surface area contributed by atoms with E-state index in [1.165, 1.54) is 48.5 Å². The Morgan fingerprint density at radius 2 is 1.38 bits per heavy atom. The van der Waals surface area contributed by atoms with Crippen LogP contribution in [0.25, 0.3) is 11.1 Å². The highest BCUT2D eigenvalue weighted by atomic mass is 32.2. The summed E-state index contributed by atoms with van der Waals surface area (Å²) in [5.41, 5.74) is -1.21. The van der Waals surface area contributed by atoms with Crippen molar-refractivity contribution in [3.05, 3.63) is 54.1 Å². The summed E-state index contributed by atoms with van der Waals surface area (Å²) in [7, 11) is -2.33. The number of rotatable bonds is 12. The predicted octanol–water partition coefficient (Wildman–Crippen LogP) is 3.50. The van der Waals surface area contributed by atoms with E-state index in [2.05, 4.69) is 20.7 Å². The van der Waals surface area contributed by atoms with Gasteiger partial charge in [0.2, 0.25) is 5.91 Å². The van der Waals surface area contributed by atoms with Gasteiger partial charge in [-0.3, -0.25) is 14.9 Å². The lowest BCUT2D eigenvalue weighted by Crippen LogP contribution is -2.52. The highest BCUT2D eigenvalue weighted by Gasteiger charge is 2.43. The third-order valence-corrected chi connectivity index (χ3v) is 6.76. The van der Waals surface area contributed by atoms with E-state index in [1.807, 2.05) is 0 Å². The lowest BCUT2D eigenvalue weighted by molar-refractivity contribution is -0.161. The molecule has 3 N–H and O–H groups in total. The number of alkyl carbamates (subject to hydrolysis) is 1. The molecule has 14 heteroatoms. The molecule has 0 aliphatic heterocycles. The molecule has 2 amide bonds. The van der Waals surface area contributed by atoms with Crippen LogP contribution < -0.4 is 16.0 Å². The van der Waals surface area contributed by atoms with Crippen LogP contribution in [0.3, 0.4) is 0 Å². The largest absolute Gasteiger partial charge is 0.453 e. The van der Waals surface area contributed by atoms with E-state index in [0.29, 0.717) is 11.1 Å². The van der Waals surface area contributed by atoms with Gasteiger partial charge in [0.1, 0.15) is 11.7 Å². The lowest BCUT2D eigenvalue weighted by Gasteiger charge is -2.30. The molecule has 2 atom stereocenters. The molecule has 0 saturated carbocycles. The van der Waals surface area contributed by atoms with Crippen molar-refractivity contribution in [2.75, 3.05) is 26.5 Å². The monoisotopic (exact) mass is 589 g/mol. The number of hydrogen-bond donors (Lipinski definition) is 3. The van der Waals surface area contributed by atoms with Gasteiger partial charge in [0, 0.05) is 12.7 Å². The molecule has 0 aliphatic carbocycles. The zero-order valence-electron chi connectivity index (χ0n) is 22.3. The van der Waals surface area contributed by atoms with Gasteiger partial charge in [-0.2, -0.15) is 13.2 Å². The summed E-state index contributed by atoms with van der Waals surface area (Å²) in [5, 5.41) is 6.48. The molecular formula is C26H31F4N3O6S. The summed E-state index contributed by atoms with van der Waals surface area (Å²) in [5.74, 6) is -1.70. The van der Waals surface area contributed by atoms with E-state index in [-0.39, 0.29) is 10.5 Å². The van der Waals surface area contributed by atoms with Crippen LogP contribution >= 0.6 is 0 Å². The number of methoxy groups -OCH3 is 1. The van der Waals surface area contributed by atoms with Gasteiger partial charge in [0.25, 0.3) is 0 Å². The first-order chi connectivity index (χ1) is 18.4. The van der Waals surface area contributed by atoms with Gasteiger partial charge < -0.3 is 15.4 Å². The van der Waals surface area contributed by atoms with Crippen molar-refractivity contribution >= 4 is 27.6 Å². The summed E-state index contributed by atoms with van der Waals surface area (Å²) in [6, 6.07) is 7.00. The predicted molar refractivity (Wildman–Crippen MR) is 139 cm³/mol. The molecule has 9 nitrogen and oxygen atoms in total. The third kappa shape index (κ3) is 10.2. The fourth-order valence-corrected chi connectivity index (χ4v) is 4.30. The lowest BCUT2D eigenvalue weighted by atomic mass is 9.96. The normalized spacial score (nSPS) is 13.7. The number of Topliss-reactive ketones (excluding diaryl/α,β-unsaturated/α-hetero) is 1. The van der Waals surface area contributed by atoms with Crippen molar-refractivity contribution in [3.63, 3.8) is 0 Å². The second-order valence-corrected chi connectivity index (χ2v) is 11.7. The van der Waals surface area contributed by atoms with Crippen LogP contribution in [-0.4, -0.2) is 70.5 Å². The number of carbonyl (C=O) groups excluding carboxylic acids is 3. The minimum absolute atomic E-state index is 0.0933. The molecule has 0 unspecified atom stereocenters. The first-order valence-corrected chi connectivity index (χ1v) is 13.8. The number of amides is 2. The minimum Gasteiger partial charge on any atom is -0.453 e. The number of halogens is 4. The van der Waals surface area contributed by atoms with Gasteiger partial charge >= 0.3 is 12.3 Å². The molecule has 40 heavy (non-hydrogen) atoms. The van der Waals surface area contributed by atoms with E-state index >= 15 is 0 Å². The second-order valence-electron chi connectivity index (χ2n) is 9.64. The van der Waals surface area contributed by atoms with Crippen LogP contribution in [0, 0.1) is 0 Å². The van der Waals surface area contributed by atoms with Crippen molar-refractivity contribution in [1.82, 2.24) is 16.0 Å². The molecule has 0 heterocycles. The molecule has 0 bridgehead atoms. The summed E-state index contributed by atoms with van der Waals surface area (Å²) < 4.78 is 84.4. The van der Waals surface area contributed by atoms with Crippen LogP contribution in [0.5, 0.6) is 0 Å². The molecule has 0 spiro atoms. The molecule has 0 fully saturated rings. The summed E-state index contributed by atoms with van der Waals surface area (Å²) in [6.45, 7) is 1.10. The van der Waals surface area contributed by atoms with Gasteiger partial charge in [0.15, 0.2) is 15.6 Å². The molecule has 220 valence electrons. The molecule has 0 aliphatic rings. The number of carbonyl (C=O) groups is 3. The Balaban J connectivity index is 2.24. The highest BCUT2D eigenvalue weighted by molar-refractivity contribution is 7.90. The molecule has 0 aromatic heterocycles. The first kappa shape index (κ1) is 32.7. The average Bonchev–Trinajstić information content (AvgIpc) is 2.86. The number of benzene rings is 2. The SMILES string of the molecule is COC(=O)NCC(=O)CNC(=O)[C@H](CC(C)(C)F)N[C@@H](c1ccc(-c2ccc(S(C)(=O)=O)cc2)cc1)C(F)(F)F. The summed E-state index contributed by atoms with van der Waals surface area (Å²) in [4.78, 5) is 35.8. The molecule has 2 aromatic rings. The van der Waals surface area contributed by atoms with Crippen molar-refractivity contribution in [1.29, 1.82) is 0 Å². The Bertz CT molecular complexity index is 1290. The third-order valence-electron chi connectivity index (χ3n) is 5.64. The number of ether oxygens (including phenoxy) is 1. The fourth-order valence-electron chi connectivity index (χ4n) is 3.67. The van der Waals surface area contributed by atoms with Crippen LogP contribution in [0.1, 0.15) is 31.9 Å².